The van der Waals surface area contributed by atoms with Crippen LogP contribution in [0.5, 0.6) is 5.88 Å². The Morgan fingerprint density at radius 1 is 1.33 bits per heavy atom. The van der Waals surface area contributed by atoms with Crippen LogP contribution in [-0.2, 0) is 6.54 Å². The molecule has 1 amide bonds. The number of hydrogen-bond donors (Lipinski definition) is 1. The van der Waals surface area contributed by atoms with Gasteiger partial charge in [0.15, 0.2) is 0 Å². The van der Waals surface area contributed by atoms with Gasteiger partial charge in [-0.2, -0.15) is 5.10 Å². The third kappa shape index (κ3) is 3.81. The van der Waals surface area contributed by atoms with Crippen molar-refractivity contribution < 1.29 is 9.53 Å². The molecule has 0 aliphatic heterocycles. The maximum Gasteiger partial charge on any atom is 0.262 e. The van der Waals surface area contributed by atoms with E-state index in [1.807, 2.05) is 6.92 Å². The second-order valence-corrected chi connectivity index (χ2v) is 4.54. The molecule has 0 spiro atoms. The molecule has 0 fully saturated rings. The summed E-state index contributed by atoms with van der Waals surface area (Å²) in [6, 6.07) is 5.19. The second kappa shape index (κ2) is 7.42. The van der Waals surface area contributed by atoms with Crippen LogP contribution in [0.4, 0.5) is 5.82 Å². The zero-order chi connectivity index (χ0) is 15.1. The highest BCUT2D eigenvalue weighted by Gasteiger charge is 2.15. The van der Waals surface area contributed by atoms with Crippen molar-refractivity contribution >= 4 is 11.7 Å². The molecule has 0 radical (unpaired) electrons. The molecule has 1 N–H and O–H groups in total. The van der Waals surface area contributed by atoms with Crippen LogP contribution in [0.3, 0.4) is 0 Å². The van der Waals surface area contributed by atoms with Gasteiger partial charge in [-0.05, 0) is 25.5 Å². The standard InChI is InChI=1S/C15H20N4O2/c1-3-5-11-19-13(8-10-17-19)18-14(20)12-7-6-9-16-15(12)21-4-2/h6-10H,3-5,11H2,1-2H3,(H,18,20). The molecule has 0 saturated carbocycles. The minimum atomic E-state index is -0.246. The Morgan fingerprint density at radius 2 is 2.19 bits per heavy atom. The van der Waals surface area contributed by atoms with E-state index in [1.165, 1.54) is 0 Å². The van der Waals surface area contributed by atoms with Gasteiger partial charge in [0.05, 0.1) is 12.8 Å². The topological polar surface area (TPSA) is 69.0 Å². The van der Waals surface area contributed by atoms with E-state index in [4.69, 9.17) is 4.74 Å². The maximum atomic E-state index is 12.4. The summed E-state index contributed by atoms with van der Waals surface area (Å²) < 4.78 is 7.17. The lowest BCUT2D eigenvalue weighted by Crippen LogP contribution is -2.17. The molecule has 0 atom stereocenters. The highest BCUT2D eigenvalue weighted by Crippen LogP contribution is 2.17. The van der Waals surface area contributed by atoms with E-state index in [-0.39, 0.29) is 5.91 Å². The molecule has 0 aromatic carbocycles. The number of nitrogens with zero attached hydrogens (tertiary/aromatic N) is 3. The summed E-state index contributed by atoms with van der Waals surface area (Å²) >= 11 is 0. The first-order chi connectivity index (χ1) is 10.3. The number of aryl methyl sites for hydroxylation is 1. The van der Waals surface area contributed by atoms with Gasteiger partial charge in [0.25, 0.3) is 5.91 Å². The number of aromatic nitrogens is 3. The Kier molecular flexibility index (Phi) is 5.31. The summed E-state index contributed by atoms with van der Waals surface area (Å²) in [6.45, 7) is 5.22. The summed E-state index contributed by atoms with van der Waals surface area (Å²) in [7, 11) is 0. The van der Waals surface area contributed by atoms with Crippen LogP contribution in [0, 0.1) is 0 Å². The van der Waals surface area contributed by atoms with Crippen molar-refractivity contribution in [1.82, 2.24) is 14.8 Å². The number of nitrogens with one attached hydrogen (secondary N) is 1. The van der Waals surface area contributed by atoms with Crippen LogP contribution in [0.15, 0.2) is 30.6 Å². The number of hydrogen-bond acceptors (Lipinski definition) is 4. The molecule has 0 unspecified atom stereocenters. The molecular formula is C15H20N4O2. The fourth-order valence-electron chi connectivity index (χ4n) is 1.92. The van der Waals surface area contributed by atoms with Crippen molar-refractivity contribution in [3.8, 4) is 5.88 Å². The number of unbranched alkanes of at least 4 members (excludes halogenated alkanes) is 1. The average molecular weight is 288 g/mol. The predicted molar refractivity (Wildman–Crippen MR) is 80.5 cm³/mol. The van der Waals surface area contributed by atoms with Crippen molar-refractivity contribution in [2.75, 3.05) is 11.9 Å². The fourth-order valence-corrected chi connectivity index (χ4v) is 1.92. The Morgan fingerprint density at radius 3 is 2.95 bits per heavy atom. The molecule has 0 saturated heterocycles. The van der Waals surface area contributed by atoms with Crippen molar-refractivity contribution in [3.63, 3.8) is 0 Å². The lowest BCUT2D eigenvalue weighted by atomic mass is 10.2. The number of pyridine rings is 1. The molecule has 2 heterocycles. The second-order valence-electron chi connectivity index (χ2n) is 4.54. The summed E-state index contributed by atoms with van der Waals surface area (Å²) in [5.41, 5.74) is 0.419. The van der Waals surface area contributed by atoms with E-state index in [0.29, 0.717) is 23.9 Å². The molecule has 2 rings (SSSR count). The fraction of sp³-hybridized carbons (Fsp3) is 0.400. The Balaban J connectivity index is 2.13. The molecule has 6 nitrogen and oxygen atoms in total. The third-order valence-electron chi connectivity index (χ3n) is 2.98. The van der Waals surface area contributed by atoms with Gasteiger partial charge >= 0.3 is 0 Å². The van der Waals surface area contributed by atoms with E-state index < -0.39 is 0 Å². The number of rotatable bonds is 7. The molecule has 0 aliphatic rings. The molecule has 21 heavy (non-hydrogen) atoms. The van der Waals surface area contributed by atoms with Crippen molar-refractivity contribution in [1.29, 1.82) is 0 Å². The molecular weight excluding hydrogens is 268 g/mol. The first-order valence-electron chi connectivity index (χ1n) is 7.17. The number of ether oxygens (including phenoxy) is 1. The van der Waals surface area contributed by atoms with Crippen molar-refractivity contribution in [2.24, 2.45) is 0 Å². The Labute approximate surface area is 124 Å². The minimum absolute atomic E-state index is 0.246. The van der Waals surface area contributed by atoms with Gasteiger partial charge < -0.3 is 10.1 Å². The lowest BCUT2D eigenvalue weighted by molar-refractivity contribution is 0.102. The average Bonchev–Trinajstić information content (AvgIpc) is 2.93. The van der Waals surface area contributed by atoms with Crippen LogP contribution in [0.1, 0.15) is 37.0 Å². The molecule has 112 valence electrons. The first-order valence-corrected chi connectivity index (χ1v) is 7.17. The number of carbonyl (C=O) groups is 1. The normalized spacial score (nSPS) is 10.4. The molecule has 0 bridgehead atoms. The van der Waals surface area contributed by atoms with E-state index in [2.05, 4.69) is 22.3 Å². The summed E-state index contributed by atoms with van der Waals surface area (Å²) in [5, 5.41) is 7.07. The monoisotopic (exact) mass is 288 g/mol. The minimum Gasteiger partial charge on any atom is -0.477 e. The molecule has 2 aromatic heterocycles. The third-order valence-corrected chi connectivity index (χ3v) is 2.98. The van der Waals surface area contributed by atoms with Crippen LogP contribution in [0.25, 0.3) is 0 Å². The van der Waals surface area contributed by atoms with Gasteiger partial charge in [0.2, 0.25) is 5.88 Å². The summed E-state index contributed by atoms with van der Waals surface area (Å²) in [6.07, 6.45) is 5.37. The van der Waals surface area contributed by atoms with Crippen LogP contribution in [0.2, 0.25) is 0 Å². The van der Waals surface area contributed by atoms with Gasteiger partial charge in [-0.15, -0.1) is 0 Å². The van der Waals surface area contributed by atoms with E-state index in [9.17, 15) is 4.79 Å². The quantitative estimate of drug-likeness (QED) is 0.850. The zero-order valence-electron chi connectivity index (χ0n) is 12.4. The zero-order valence-corrected chi connectivity index (χ0v) is 12.4. The van der Waals surface area contributed by atoms with E-state index in [1.54, 1.807) is 35.3 Å². The van der Waals surface area contributed by atoms with Gasteiger partial charge in [-0.25, -0.2) is 9.67 Å². The number of amides is 1. The Bertz CT molecular complexity index is 595. The lowest BCUT2D eigenvalue weighted by Gasteiger charge is -2.10. The van der Waals surface area contributed by atoms with E-state index in [0.717, 1.165) is 19.4 Å². The molecule has 6 heteroatoms. The highest BCUT2D eigenvalue weighted by atomic mass is 16.5. The summed E-state index contributed by atoms with van der Waals surface area (Å²) in [5.74, 6) is 0.779. The predicted octanol–water partition coefficient (Wildman–Crippen LogP) is 2.73. The van der Waals surface area contributed by atoms with Crippen molar-refractivity contribution in [3.05, 3.63) is 36.2 Å². The van der Waals surface area contributed by atoms with Gasteiger partial charge in [-0.3, -0.25) is 4.79 Å². The van der Waals surface area contributed by atoms with Gasteiger partial charge in [0.1, 0.15) is 11.4 Å². The first kappa shape index (κ1) is 15.0. The van der Waals surface area contributed by atoms with Crippen LogP contribution in [-0.4, -0.2) is 27.3 Å². The molecule has 2 aromatic rings. The van der Waals surface area contributed by atoms with Crippen LogP contribution >= 0.6 is 0 Å². The SMILES string of the molecule is CCCCn1nccc1NC(=O)c1cccnc1OCC. The Hall–Kier alpha value is -2.37. The smallest absolute Gasteiger partial charge is 0.262 e. The maximum absolute atomic E-state index is 12.4. The molecule has 0 aliphatic carbocycles. The van der Waals surface area contributed by atoms with Crippen molar-refractivity contribution in [2.45, 2.75) is 33.2 Å². The largest absolute Gasteiger partial charge is 0.477 e. The number of anilines is 1. The van der Waals surface area contributed by atoms with Gasteiger partial charge in [-0.1, -0.05) is 13.3 Å². The van der Waals surface area contributed by atoms with E-state index >= 15 is 0 Å². The summed E-state index contributed by atoms with van der Waals surface area (Å²) in [4.78, 5) is 16.4. The van der Waals surface area contributed by atoms with Gasteiger partial charge in [0, 0.05) is 18.8 Å². The number of carbonyl (C=O) groups excluding carboxylic acids is 1. The highest BCUT2D eigenvalue weighted by molar-refractivity contribution is 6.05. The van der Waals surface area contributed by atoms with Crippen LogP contribution < -0.4 is 10.1 Å².